The van der Waals surface area contributed by atoms with Crippen LogP contribution in [0.5, 0.6) is 0 Å². The second kappa shape index (κ2) is 5.70. The molecule has 0 aliphatic carbocycles. The Labute approximate surface area is 134 Å². The van der Waals surface area contributed by atoms with Gasteiger partial charge in [-0.2, -0.15) is 0 Å². The van der Waals surface area contributed by atoms with Crippen molar-refractivity contribution in [1.29, 1.82) is 0 Å². The smallest absolute Gasteiger partial charge is 0.304 e. The molecule has 22 heavy (non-hydrogen) atoms. The highest BCUT2D eigenvalue weighted by molar-refractivity contribution is 8.00. The lowest BCUT2D eigenvalue weighted by atomic mass is 9.85. The normalized spacial score (nSPS) is 28.2. The van der Waals surface area contributed by atoms with Crippen molar-refractivity contribution < 1.29 is 23.9 Å². The van der Waals surface area contributed by atoms with Gasteiger partial charge in [-0.3, -0.25) is 19.3 Å². The van der Waals surface area contributed by atoms with Crippen LogP contribution in [-0.2, 0) is 23.9 Å². The summed E-state index contributed by atoms with van der Waals surface area (Å²) >= 11 is 1.31. The fraction of sp³-hybridized carbons (Fsp3) is 0.667. The van der Waals surface area contributed by atoms with Gasteiger partial charge in [0.15, 0.2) is 17.3 Å². The lowest BCUT2D eigenvalue weighted by Crippen LogP contribution is -2.66. The van der Waals surface area contributed by atoms with E-state index in [0.717, 1.165) is 0 Å². The molecule has 3 atom stereocenters. The number of allylic oxidation sites excluding steroid dienone is 1. The first kappa shape index (κ1) is 17.0. The summed E-state index contributed by atoms with van der Waals surface area (Å²) in [5.41, 5.74) is -0.284. The third-order valence-electron chi connectivity index (χ3n) is 3.65. The summed E-state index contributed by atoms with van der Waals surface area (Å²) in [5.74, 6) is -0.795. The highest BCUT2D eigenvalue weighted by Gasteiger charge is 2.56. The lowest BCUT2D eigenvalue weighted by molar-refractivity contribution is -0.161. The molecule has 1 saturated heterocycles. The van der Waals surface area contributed by atoms with Crippen LogP contribution in [0.15, 0.2) is 11.3 Å². The SMILES string of the molecule is CO[C@H]1C(=O)N2C(C(=O)C(C)(C)C)=C(C)C(OC(C)=O)S[C@@H]12. The average molecular weight is 327 g/mol. The van der Waals surface area contributed by atoms with E-state index in [1.807, 2.05) is 0 Å². The fourth-order valence-electron chi connectivity index (χ4n) is 2.47. The van der Waals surface area contributed by atoms with Crippen LogP contribution in [0.4, 0.5) is 0 Å². The first-order valence-electron chi connectivity index (χ1n) is 7.03. The number of ether oxygens (including phenoxy) is 2. The van der Waals surface area contributed by atoms with Crippen molar-refractivity contribution >= 4 is 29.4 Å². The summed E-state index contributed by atoms with van der Waals surface area (Å²) in [4.78, 5) is 37.8. The zero-order valence-corrected chi connectivity index (χ0v) is 14.4. The number of amides is 1. The molecule has 2 aliphatic rings. The van der Waals surface area contributed by atoms with Crippen LogP contribution in [-0.4, -0.2) is 46.6 Å². The Bertz CT molecular complexity index is 563. The molecule has 2 aliphatic heterocycles. The van der Waals surface area contributed by atoms with E-state index < -0.39 is 22.9 Å². The minimum absolute atomic E-state index is 0.143. The Hall–Kier alpha value is -1.34. The minimum Gasteiger partial charge on any atom is -0.447 e. The van der Waals surface area contributed by atoms with Crippen LogP contribution in [0.25, 0.3) is 0 Å². The second-order valence-corrected chi connectivity index (χ2v) is 7.63. The van der Waals surface area contributed by atoms with E-state index in [9.17, 15) is 14.4 Å². The number of β-lactam (4-membered cyclic amide) rings is 1. The van der Waals surface area contributed by atoms with Gasteiger partial charge in [-0.15, -0.1) is 0 Å². The third kappa shape index (κ3) is 2.67. The number of esters is 1. The summed E-state index contributed by atoms with van der Waals surface area (Å²) in [6.07, 6.45) is -0.612. The van der Waals surface area contributed by atoms with E-state index in [0.29, 0.717) is 11.3 Å². The summed E-state index contributed by atoms with van der Waals surface area (Å²) in [5, 5.41) is -0.341. The van der Waals surface area contributed by atoms with E-state index in [4.69, 9.17) is 9.47 Å². The Kier molecular flexibility index (Phi) is 4.41. The molecular weight excluding hydrogens is 306 g/mol. The molecule has 1 amide bonds. The van der Waals surface area contributed by atoms with Crippen molar-refractivity contribution in [3.8, 4) is 0 Å². The van der Waals surface area contributed by atoms with Crippen LogP contribution in [0.3, 0.4) is 0 Å². The molecule has 1 fully saturated rings. The first-order valence-corrected chi connectivity index (χ1v) is 7.98. The molecule has 0 aromatic carbocycles. The number of hydrogen-bond donors (Lipinski definition) is 0. The number of rotatable bonds is 3. The van der Waals surface area contributed by atoms with Crippen molar-refractivity contribution in [2.24, 2.45) is 5.41 Å². The maximum absolute atomic E-state index is 12.7. The summed E-state index contributed by atoms with van der Waals surface area (Å²) in [6.45, 7) is 8.44. The number of fused-ring (bicyclic) bond motifs is 1. The number of carbonyl (C=O) groups is 3. The van der Waals surface area contributed by atoms with Crippen LogP contribution < -0.4 is 0 Å². The third-order valence-corrected chi connectivity index (χ3v) is 5.08. The Morgan fingerprint density at radius 1 is 1.27 bits per heavy atom. The Morgan fingerprint density at radius 2 is 1.86 bits per heavy atom. The highest BCUT2D eigenvalue weighted by atomic mass is 32.2. The van der Waals surface area contributed by atoms with Gasteiger partial charge in [0.1, 0.15) is 5.37 Å². The largest absolute Gasteiger partial charge is 0.447 e. The molecule has 6 nitrogen and oxygen atoms in total. The van der Waals surface area contributed by atoms with Gasteiger partial charge < -0.3 is 9.47 Å². The van der Waals surface area contributed by atoms with Gasteiger partial charge >= 0.3 is 5.97 Å². The van der Waals surface area contributed by atoms with Gasteiger partial charge in [0.2, 0.25) is 0 Å². The number of carbonyl (C=O) groups excluding carboxylic acids is 3. The molecular formula is C15H21NO5S. The van der Waals surface area contributed by atoms with Crippen LogP contribution >= 0.6 is 11.8 Å². The number of Topliss-reactive ketones (excluding diaryl/α,β-unsaturated/α-hetero) is 1. The van der Waals surface area contributed by atoms with Gasteiger partial charge in [0, 0.05) is 25.0 Å². The molecule has 122 valence electrons. The van der Waals surface area contributed by atoms with Gasteiger partial charge in [-0.1, -0.05) is 32.5 Å². The van der Waals surface area contributed by atoms with Gasteiger partial charge in [-0.05, 0) is 6.92 Å². The maximum Gasteiger partial charge on any atom is 0.304 e. The molecule has 2 heterocycles. The molecule has 0 aromatic rings. The van der Waals surface area contributed by atoms with Crippen molar-refractivity contribution in [3.05, 3.63) is 11.3 Å². The molecule has 0 bridgehead atoms. The fourth-order valence-corrected chi connectivity index (χ4v) is 3.93. The lowest BCUT2D eigenvalue weighted by Gasteiger charge is -2.51. The van der Waals surface area contributed by atoms with E-state index in [1.54, 1.807) is 27.7 Å². The predicted octanol–water partition coefficient (Wildman–Crippen LogP) is 1.69. The van der Waals surface area contributed by atoms with Crippen molar-refractivity contribution in [1.82, 2.24) is 4.90 Å². The molecule has 0 N–H and O–H groups in total. The van der Waals surface area contributed by atoms with Crippen molar-refractivity contribution in [2.45, 2.75) is 51.5 Å². The molecule has 7 heteroatoms. The number of ketones is 1. The number of methoxy groups -OCH3 is 1. The number of nitrogens with zero attached hydrogens (tertiary/aromatic N) is 1. The molecule has 2 rings (SSSR count). The zero-order chi connectivity index (χ0) is 16.8. The average Bonchev–Trinajstić information content (AvgIpc) is 2.39. The van der Waals surface area contributed by atoms with E-state index in [2.05, 4.69) is 0 Å². The van der Waals surface area contributed by atoms with Crippen LogP contribution in [0, 0.1) is 5.41 Å². The van der Waals surface area contributed by atoms with Crippen molar-refractivity contribution in [3.63, 3.8) is 0 Å². The van der Waals surface area contributed by atoms with Gasteiger partial charge in [-0.25, -0.2) is 0 Å². The first-order chi connectivity index (χ1) is 10.1. The van der Waals surface area contributed by atoms with E-state index in [1.165, 1.54) is 30.7 Å². The van der Waals surface area contributed by atoms with Crippen molar-refractivity contribution in [2.75, 3.05) is 7.11 Å². The second-order valence-electron chi connectivity index (χ2n) is 6.44. The summed E-state index contributed by atoms with van der Waals surface area (Å²) < 4.78 is 10.5. The summed E-state index contributed by atoms with van der Waals surface area (Å²) in [7, 11) is 1.46. The quantitative estimate of drug-likeness (QED) is 0.580. The standard InChI is InChI=1S/C15H21NO5S/c1-7-9(11(18)15(3,4)5)16-12(19)10(20-6)13(16)22-14(7)21-8(2)17/h10,13-14H,1-6H3/t10-,13-,14?/m0/s1. The van der Waals surface area contributed by atoms with E-state index in [-0.39, 0.29) is 17.1 Å². The Balaban J connectivity index is 2.46. The van der Waals surface area contributed by atoms with Gasteiger partial charge in [0.05, 0.1) is 5.70 Å². The predicted molar refractivity (Wildman–Crippen MR) is 81.7 cm³/mol. The number of hydrogen-bond acceptors (Lipinski definition) is 6. The highest BCUT2D eigenvalue weighted by Crippen LogP contribution is 2.46. The van der Waals surface area contributed by atoms with E-state index >= 15 is 0 Å². The molecule has 1 unspecified atom stereocenters. The molecule has 0 spiro atoms. The van der Waals surface area contributed by atoms with Crippen LogP contribution in [0.2, 0.25) is 0 Å². The molecule has 0 saturated carbocycles. The Morgan fingerprint density at radius 3 is 2.32 bits per heavy atom. The van der Waals surface area contributed by atoms with Gasteiger partial charge in [0.25, 0.3) is 5.91 Å². The summed E-state index contributed by atoms with van der Waals surface area (Å²) in [6, 6.07) is 0. The minimum atomic E-state index is -0.637. The number of thioether (sulfide) groups is 1. The zero-order valence-electron chi connectivity index (χ0n) is 13.6. The van der Waals surface area contributed by atoms with Crippen LogP contribution in [0.1, 0.15) is 34.6 Å². The maximum atomic E-state index is 12.7. The monoisotopic (exact) mass is 327 g/mol. The molecule has 0 radical (unpaired) electrons. The topological polar surface area (TPSA) is 72.9 Å². The molecule has 0 aromatic heterocycles.